The van der Waals surface area contributed by atoms with Crippen LogP contribution < -0.4 is 10.2 Å². The monoisotopic (exact) mass is 542 g/mol. The van der Waals surface area contributed by atoms with Crippen molar-refractivity contribution in [3.63, 3.8) is 0 Å². The third-order valence-electron chi connectivity index (χ3n) is 6.93. The Kier molecular flexibility index (Phi) is 6.76. The minimum absolute atomic E-state index is 0.114. The predicted octanol–water partition coefficient (Wildman–Crippen LogP) is 5.80. The first-order valence-corrected chi connectivity index (χ1v) is 13.6. The predicted molar refractivity (Wildman–Crippen MR) is 151 cm³/mol. The highest BCUT2D eigenvalue weighted by atomic mass is 32.1. The average Bonchev–Trinajstić information content (AvgIpc) is 3.57. The fraction of sp³-hybridized carbons (Fsp3) is 0.200. The smallest absolute Gasteiger partial charge is 0.281 e. The van der Waals surface area contributed by atoms with E-state index in [2.05, 4.69) is 32.3 Å². The Hall–Kier alpha value is -4.21. The highest BCUT2D eigenvalue weighted by Gasteiger charge is 2.25. The van der Waals surface area contributed by atoms with E-state index in [4.69, 9.17) is 4.74 Å². The number of ether oxygens (including phenoxy) is 1. The van der Waals surface area contributed by atoms with Crippen LogP contribution in [0.15, 0.2) is 72.8 Å². The van der Waals surface area contributed by atoms with E-state index in [1.165, 1.54) is 29.5 Å². The van der Waals surface area contributed by atoms with Gasteiger partial charge in [0.15, 0.2) is 5.01 Å². The number of para-hydroxylation sites is 1. The van der Waals surface area contributed by atoms with Gasteiger partial charge < -0.3 is 25.0 Å². The maximum absolute atomic E-state index is 14.2. The van der Waals surface area contributed by atoms with Crippen LogP contribution in [0, 0.1) is 12.7 Å². The maximum Gasteiger partial charge on any atom is 0.281 e. The third-order valence-corrected chi connectivity index (χ3v) is 8.14. The van der Waals surface area contributed by atoms with Gasteiger partial charge >= 0.3 is 0 Å². The van der Waals surface area contributed by atoms with Crippen molar-refractivity contribution in [2.75, 3.05) is 31.2 Å². The second-order valence-corrected chi connectivity index (χ2v) is 10.5. The highest BCUT2D eigenvalue weighted by molar-refractivity contribution is 7.17. The lowest BCUT2D eigenvalue weighted by Gasteiger charge is -2.28. The lowest BCUT2D eigenvalue weighted by Crippen LogP contribution is -2.36. The highest BCUT2D eigenvalue weighted by Crippen LogP contribution is 2.34. The molecule has 5 aromatic rings. The van der Waals surface area contributed by atoms with Gasteiger partial charge in [-0.05, 0) is 60.3 Å². The topological polar surface area (TPSA) is 90.5 Å². The molecule has 6 rings (SSSR count). The van der Waals surface area contributed by atoms with Crippen molar-refractivity contribution in [2.24, 2.45) is 0 Å². The number of halogens is 1. The van der Waals surface area contributed by atoms with Gasteiger partial charge in [-0.2, -0.15) is 0 Å². The number of benzene rings is 3. The number of thiazole rings is 1. The van der Waals surface area contributed by atoms with Crippen molar-refractivity contribution < 1.29 is 19.0 Å². The number of H-pyrrole nitrogens is 1. The quantitative estimate of drug-likeness (QED) is 0.252. The van der Waals surface area contributed by atoms with Gasteiger partial charge in [0.25, 0.3) is 5.91 Å². The summed E-state index contributed by atoms with van der Waals surface area (Å²) in [5.74, 6) is -1.03. The van der Waals surface area contributed by atoms with Gasteiger partial charge in [0.1, 0.15) is 11.6 Å². The summed E-state index contributed by atoms with van der Waals surface area (Å²) in [5.41, 5.74) is 4.62. The minimum atomic E-state index is -0.818. The number of phenols is 1. The number of hydrogen-bond acceptors (Lipinski definition) is 6. The summed E-state index contributed by atoms with van der Waals surface area (Å²) in [6.07, 6.45) is 0. The molecule has 9 heteroatoms. The summed E-state index contributed by atoms with van der Waals surface area (Å²) in [7, 11) is 0. The fourth-order valence-electron chi connectivity index (χ4n) is 4.93. The van der Waals surface area contributed by atoms with E-state index in [1.807, 2.05) is 49.4 Å². The molecule has 0 unspecified atom stereocenters. The summed E-state index contributed by atoms with van der Waals surface area (Å²) in [6, 6.07) is 20.7. The number of nitrogens with zero attached hydrogens (tertiary/aromatic N) is 2. The number of aromatic hydroxyl groups is 1. The molecular weight excluding hydrogens is 515 g/mol. The average molecular weight is 543 g/mol. The normalized spacial score (nSPS) is 14.5. The van der Waals surface area contributed by atoms with Gasteiger partial charge in [-0.3, -0.25) is 4.79 Å². The van der Waals surface area contributed by atoms with Crippen molar-refractivity contribution in [3.8, 4) is 16.2 Å². The maximum atomic E-state index is 14.2. The van der Waals surface area contributed by atoms with Crippen molar-refractivity contribution in [1.29, 1.82) is 0 Å². The third kappa shape index (κ3) is 5.10. The SMILES string of the molecule is Cc1nc(C(=O)N[C@@H](c2cc3ccccc3[nH]2)c2cc(F)ccc2O)sc1-c1ccc(N2CCOCC2)cc1. The Balaban J connectivity index is 1.29. The van der Waals surface area contributed by atoms with Gasteiger partial charge in [0.05, 0.1) is 29.8 Å². The Morgan fingerprint density at radius 3 is 2.64 bits per heavy atom. The molecule has 0 saturated carbocycles. The second kappa shape index (κ2) is 10.5. The summed E-state index contributed by atoms with van der Waals surface area (Å²) < 4.78 is 19.7. The molecular formula is C30H27FN4O3S. The lowest BCUT2D eigenvalue weighted by atomic mass is 10.0. The molecule has 3 N–H and O–H groups in total. The second-order valence-electron chi connectivity index (χ2n) is 9.50. The Bertz CT molecular complexity index is 1610. The fourth-order valence-corrected chi connectivity index (χ4v) is 5.91. The number of aromatic nitrogens is 2. The van der Waals surface area contributed by atoms with E-state index in [9.17, 15) is 14.3 Å². The van der Waals surface area contributed by atoms with Gasteiger partial charge in [-0.15, -0.1) is 11.3 Å². The number of carbonyl (C=O) groups is 1. The van der Waals surface area contributed by atoms with Gasteiger partial charge in [-0.25, -0.2) is 9.37 Å². The zero-order chi connectivity index (χ0) is 26.9. The molecule has 7 nitrogen and oxygen atoms in total. The van der Waals surface area contributed by atoms with Crippen molar-refractivity contribution in [3.05, 3.63) is 101 Å². The van der Waals surface area contributed by atoms with Crippen molar-refractivity contribution in [1.82, 2.24) is 15.3 Å². The first-order chi connectivity index (χ1) is 19.0. The van der Waals surface area contributed by atoms with Crippen LogP contribution in [0.5, 0.6) is 5.75 Å². The Labute approximate surface area is 228 Å². The number of amides is 1. The van der Waals surface area contributed by atoms with Gasteiger partial charge in [0, 0.05) is 35.6 Å². The molecule has 1 amide bonds. The van der Waals surface area contributed by atoms with Crippen LogP contribution in [0.25, 0.3) is 21.3 Å². The molecule has 0 spiro atoms. The molecule has 198 valence electrons. The molecule has 0 aliphatic carbocycles. The molecule has 3 heterocycles. The number of nitrogens with one attached hydrogen (secondary N) is 2. The van der Waals surface area contributed by atoms with E-state index < -0.39 is 17.8 Å². The van der Waals surface area contributed by atoms with Crippen LogP contribution in [0.3, 0.4) is 0 Å². The van der Waals surface area contributed by atoms with Gasteiger partial charge in [-0.1, -0.05) is 30.3 Å². The number of rotatable bonds is 6. The van der Waals surface area contributed by atoms with Crippen LogP contribution in [-0.2, 0) is 4.74 Å². The largest absolute Gasteiger partial charge is 0.508 e. The molecule has 1 saturated heterocycles. The summed E-state index contributed by atoms with van der Waals surface area (Å²) in [5, 5.41) is 14.8. The molecule has 39 heavy (non-hydrogen) atoms. The number of aromatic amines is 1. The van der Waals surface area contributed by atoms with Crippen LogP contribution in [0.4, 0.5) is 10.1 Å². The first kappa shape index (κ1) is 25.1. The number of morpholine rings is 1. The Morgan fingerprint density at radius 2 is 1.87 bits per heavy atom. The zero-order valence-corrected chi connectivity index (χ0v) is 22.1. The van der Waals surface area contributed by atoms with Crippen molar-refractivity contribution >= 4 is 33.8 Å². The van der Waals surface area contributed by atoms with Crippen LogP contribution in [0.1, 0.15) is 32.8 Å². The number of anilines is 1. The molecule has 1 fully saturated rings. The number of aryl methyl sites for hydroxylation is 1. The van der Waals surface area contributed by atoms with Crippen molar-refractivity contribution in [2.45, 2.75) is 13.0 Å². The Morgan fingerprint density at radius 1 is 1.10 bits per heavy atom. The standard InChI is InChI=1S/C30H27FN4O3S/c1-18-28(19-6-9-22(10-7-19)35-12-14-38-15-13-35)39-30(32-18)29(37)34-27(23-17-21(31)8-11-26(23)36)25-16-20-4-2-3-5-24(20)33-25/h2-11,16-17,27,33,36H,12-15H2,1H3,(H,34,37)/t27-/m1/s1. The summed E-state index contributed by atoms with van der Waals surface area (Å²) in [4.78, 5) is 24.5. The molecule has 3 aromatic carbocycles. The van der Waals surface area contributed by atoms with Crippen LogP contribution in [-0.4, -0.2) is 47.3 Å². The van der Waals surface area contributed by atoms with Crippen LogP contribution in [0.2, 0.25) is 0 Å². The minimum Gasteiger partial charge on any atom is -0.508 e. The molecule has 2 aromatic heterocycles. The summed E-state index contributed by atoms with van der Waals surface area (Å²) in [6.45, 7) is 5.05. The first-order valence-electron chi connectivity index (χ1n) is 12.7. The number of carbonyl (C=O) groups excluding carboxylic acids is 1. The van der Waals surface area contributed by atoms with E-state index in [0.29, 0.717) is 5.69 Å². The summed E-state index contributed by atoms with van der Waals surface area (Å²) >= 11 is 1.30. The number of hydrogen-bond donors (Lipinski definition) is 3. The lowest BCUT2D eigenvalue weighted by molar-refractivity contribution is 0.0941. The van der Waals surface area contributed by atoms with E-state index in [0.717, 1.165) is 59.0 Å². The van der Waals surface area contributed by atoms with Crippen LogP contribution >= 0.6 is 11.3 Å². The van der Waals surface area contributed by atoms with E-state index in [1.54, 1.807) is 0 Å². The molecule has 1 aliphatic rings. The van der Waals surface area contributed by atoms with Gasteiger partial charge in [0.2, 0.25) is 0 Å². The number of fused-ring (bicyclic) bond motifs is 1. The zero-order valence-electron chi connectivity index (χ0n) is 21.3. The molecule has 0 bridgehead atoms. The van der Waals surface area contributed by atoms with E-state index >= 15 is 0 Å². The molecule has 0 radical (unpaired) electrons. The van der Waals surface area contributed by atoms with E-state index in [-0.39, 0.29) is 16.3 Å². The number of phenolic OH excluding ortho intramolecular Hbond substituents is 1. The molecule has 1 aliphatic heterocycles. The molecule has 1 atom stereocenters.